The van der Waals surface area contributed by atoms with Gasteiger partial charge in [-0.25, -0.2) is 0 Å². The van der Waals surface area contributed by atoms with Crippen molar-refractivity contribution in [3.63, 3.8) is 0 Å². The SMILES string of the molecule is Cc1cccc2sc([S-])nc12. The van der Waals surface area contributed by atoms with Crippen LogP contribution in [0.2, 0.25) is 0 Å². The normalized spacial score (nSPS) is 10.6. The summed E-state index contributed by atoms with van der Waals surface area (Å²) in [5.74, 6) is 0. The van der Waals surface area contributed by atoms with Crippen LogP contribution < -0.4 is 0 Å². The summed E-state index contributed by atoms with van der Waals surface area (Å²) < 4.78 is 1.92. The van der Waals surface area contributed by atoms with Crippen molar-refractivity contribution < 1.29 is 0 Å². The average Bonchev–Trinajstić information content (AvgIpc) is 2.31. The van der Waals surface area contributed by atoms with E-state index < -0.39 is 0 Å². The van der Waals surface area contributed by atoms with Gasteiger partial charge in [0.15, 0.2) is 0 Å². The predicted octanol–water partition coefficient (Wildman–Crippen LogP) is 2.51. The highest BCUT2D eigenvalue weighted by atomic mass is 32.2. The fourth-order valence-electron chi connectivity index (χ4n) is 1.07. The number of para-hydroxylation sites is 1. The van der Waals surface area contributed by atoms with Crippen LogP contribution in [0.4, 0.5) is 0 Å². The van der Waals surface area contributed by atoms with E-state index >= 15 is 0 Å². The number of fused-ring (bicyclic) bond motifs is 1. The Balaban J connectivity index is 2.90. The zero-order chi connectivity index (χ0) is 7.84. The van der Waals surface area contributed by atoms with Gasteiger partial charge in [0.2, 0.25) is 0 Å². The number of thiazole rings is 1. The number of benzene rings is 1. The molecular formula is C8H6NS2-. The molecule has 0 amide bonds. The molecular weight excluding hydrogens is 174 g/mol. The van der Waals surface area contributed by atoms with Gasteiger partial charge in [0.05, 0.1) is 5.52 Å². The molecule has 0 fully saturated rings. The van der Waals surface area contributed by atoms with Crippen molar-refractivity contribution in [2.24, 2.45) is 0 Å². The molecule has 0 saturated heterocycles. The number of rotatable bonds is 0. The van der Waals surface area contributed by atoms with Crippen molar-refractivity contribution in [3.8, 4) is 0 Å². The predicted molar refractivity (Wildman–Crippen MR) is 50.0 cm³/mol. The second kappa shape index (κ2) is 2.43. The molecule has 0 bridgehead atoms. The monoisotopic (exact) mass is 180 g/mol. The zero-order valence-corrected chi connectivity index (χ0v) is 7.63. The van der Waals surface area contributed by atoms with Gasteiger partial charge in [0.25, 0.3) is 0 Å². The third kappa shape index (κ3) is 1.10. The number of aryl methyl sites for hydroxylation is 1. The smallest absolute Gasteiger partial charge is 0.0629 e. The van der Waals surface area contributed by atoms with Crippen LogP contribution in [0.15, 0.2) is 22.5 Å². The zero-order valence-electron chi connectivity index (χ0n) is 6.00. The Labute approximate surface area is 74.5 Å². The van der Waals surface area contributed by atoms with Gasteiger partial charge in [0.1, 0.15) is 0 Å². The third-order valence-corrected chi connectivity index (χ3v) is 2.76. The molecule has 56 valence electrons. The maximum Gasteiger partial charge on any atom is 0.0629 e. The molecule has 2 rings (SSSR count). The molecule has 11 heavy (non-hydrogen) atoms. The van der Waals surface area contributed by atoms with E-state index in [1.807, 2.05) is 6.07 Å². The molecule has 1 aromatic heterocycles. The van der Waals surface area contributed by atoms with Crippen LogP contribution in [0, 0.1) is 6.92 Å². The van der Waals surface area contributed by atoms with Gasteiger partial charge in [-0.1, -0.05) is 18.2 Å². The minimum atomic E-state index is 0.731. The first-order chi connectivity index (χ1) is 5.27. The van der Waals surface area contributed by atoms with Crippen LogP contribution in [0.3, 0.4) is 0 Å². The van der Waals surface area contributed by atoms with Crippen LogP contribution in [-0.2, 0) is 12.6 Å². The highest BCUT2D eigenvalue weighted by molar-refractivity contribution is 7.63. The molecule has 1 aromatic carbocycles. The minimum Gasteiger partial charge on any atom is -0.408 e. The van der Waals surface area contributed by atoms with Gasteiger partial charge in [-0.2, -0.15) is 0 Å². The van der Waals surface area contributed by atoms with Crippen LogP contribution in [-0.4, -0.2) is 4.98 Å². The molecule has 0 aliphatic heterocycles. The maximum atomic E-state index is 4.98. The first-order valence-electron chi connectivity index (χ1n) is 3.30. The van der Waals surface area contributed by atoms with E-state index in [4.69, 9.17) is 12.6 Å². The molecule has 0 atom stereocenters. The highest BCUT2D eigenvalue weighted by Crippen LogP contribution is 2.23. The lowest BCUT2D eigenvalue weighted by Crippen LogP contribution is -1.73. The molecule has 2 aromatic rings. The minimum absolute atomic E-state index is 0.731. The molecule has 0 N–H and O–H groups in total. The van der Waals surface area contributed by atoms with E-state index in [1.165, 1.54) is 10.3 Å². The second-order valence-corrected chi connectivity index (χ2v) is 4.08. The van der Waals surface area contributed by atoms with E-state index in [0.717, 1.165) is 9.86 Å². The van der Waals surface area contributed by atoms with Gasteiger partial charge in [0, 0.05) is 0 Å². The molecule has 1 nitrogen and oxygen atoms in total. The first kappa shape index (κ1) is 7.00. The van der Waals surface area contributed by atoms with E-state index in [9.17, 15) is 0 Å². The lowest BCUT2D eigenvalue weighted by atomic mass is 10.2. The Hall–Kier alpha value is -0.670. The summed E-state index contributed by atoms with van der Waals surface area (Å²) in [5, 5.41) is 0. The highest BCUT2D eigenvalue weighted by Gasteiger charge is 1.94. The largest absolute Gasteiger partial charge is 0.408 e. The van der Waals surface area contributed by atoms with Gasteiger partial charge in [-0.15, -0.1) is 0 Å². The summed E-state index contributed by atoms with van der Waals surface area (Å²) >= 11 is 6.55. The van der Waals surface area contributed by atoms with Crippen LogP contribution in [0.5, 0.6) is 0 Å². The number of hydrogen-bond donors (Lipinski definition) is 0. The van der Waals surface area contributed by atoms with E-state index in [2.05, 4.69) is 24.0 Å². The van der Waals surface area contributed by atoms with Gasteiger partial charge in [-0.3, -0.25) is 4.98 Å². The molecule has 0 aliphatic rings. The van der Waals surface area contributed by atoms with Crippen LogP contribution >= 0.6 is 11.3 Å². The van der Waals surface area contributed by atoms with Gasteiger partial charge < -0.3 is 24.0 Å². The van der Waals surface area contributed by atoms with E-state index in [-0.39, 0.29) is 0 Å². The quantitative estimate of drug-likeness (QED) is 0.578. The van der Waals surface area contributed by atoms with Crippen molar-refractivity contribution in [1.82, 2.24) is 4.98 Å². The van der Waals surface area contributed by atoms with Crippen LogP contribution in [0.25, 0.3) is 10.2 Å². The Morgan fingerprint density at radius 1 is 1.45 bits per heavy atom. The Bertz CT molecular complexity index is 392. The lowest BCUT2D eigenvalue weighted by molar-refractivity contribution is 1.29. The van der Waals surface area contributed by atoms with Crippen molar-refractivity contribution in [2.45, 2.75) is 11.3 Å². The summed E-state index contributed by atoms with van der Waals surface area (Å²) in [4.78, 5) is 4.25. The Morgan fingerprint density at radius 3 is 3.00 bits per heavy atom. The Kier molecular flexibility index (Phi) is 1.55. The maximum absolute atomic E-state index is 4.98. The summed E-state index contributed by atoms with van der Waals surface area (Å²) in [6, 6.07) is 6.14. The standard InChI is InChI=1S/C8H7NS2/c1-5-3-2-4-6-7(5)9-8(10)11-6/h2-4H,1H3,(H,9,10)/p-1. The number of nitrogens with zero attached hydrogens (tertiary/aromatic N) is 1. The lowest BCUT2D eigenvalue weighted by Gasteiger charge is -1.93. The summed E-state index contributed by atoms with van der Waals surface area (Å²) in [7, 11) is 0. The van der Waals surface area contributed by atoms with Gasteiger partial charge >= 0.3 is 0 Å². The molecule has 0 unspecified atom stereocenters. The van der Waals surface area contributed by atoms with Crippen molar-refractivity contribution in [1.29, 1.82) is 0 Å². The van der Waals surface area contributed by atoms with Crippen molar-refractivity contribution in [2.75, 3.05) is 0 Å². The molecule has 0 aliphatic carbocycles. The second-order valence-electron chi connectivity index (χ2n) is 2.40. The van der Waals surface area contributed by atoms with Crippen LogP contribution in [0.1, 0.15) is 5.56 Å². The number of hydrogen-bond acceptors (Lipinski definition) is 3. The third-order valence-electron chi connectivity index (χ3n) is 1.60. The van der Waals surface area contributed by atoms with Crippen molar-refractivity contribution >= 4 is 34.2 Å². The number of aromatic nitrogens is 1. The van der Waals surface area contributed by atoms with E-state index in [1.54, 1.807) is 11.3 Å². The first-order valence-corrected chi connectivity index (χ1v) is 4.53. The van der Waals surface area contributed by atoms with Gasteiger partial charge in [-0.05, 0) is 21.5 Å². The molecule has 0 radical (unpaired) electrons. The fourth-order valence-corrected chi connectivity index (χ4v) is 2.20. The molecule has 0 saturated carbocycles. The van der Waals surface area contributed by atoms with Crippen molar-refractivity contribution in [3.05, 3.63) is 23.8 Å². The topological polar surface area (TPSA) is 12.9 Å². The molecule has 0 spiro atoms. The summed E-state index contributed by atoms with van der Waals surface area (Å²) in [6.07, 6.45) is 0. The average molecular weight is 180 g/mol. The fraction of sp³-hybridized carbons (Fsp3) is 0.125. The Morgan fingerprint density at radius 2 is 2.27 bits per heavy atom. The summed E-state index contributed by atoms with van der Waals surface area (Å²) in [5.41, 5.74) is 2.26. The summed E-state index contributed by atoms with van der Waals surface area (Å²) in [6.45, 7) is 2.05. The molecule has 1 heterocycles. The van der Waals surface area contributed by atoms with E-state index in [0.29, 0.717) is 0 Å². The molecule has 3 heteroatoms.